The van der Waals surface area contributed by atoms with Gasteiger partial charge in [-0.1, -0.05) is 24.6 Å². The number of aliphatic hydroxyl groups is 1. The summed E-state index contributed by atoms with van der Waals surface area (Å²) in [5.74, 6) is -0.885. The lowest BCUT2D eigenvalue weighted by molar-refractivity contribution is -0.122. The molecule has 0 spiro atoms. The van der Waals surface area contributed by atoms with Crippen LogP contribution in [0.3, 0.4) is 0 Å². The van der Waals surface area contributed by atoms with Crippen LogP contribution in [0.25, 0.3) is 0 Å². The molecule has 3 N–H and O–H groups in total. The smallest absolute Gasteiger partial charge is 0.336 e. The molecule has 1 aliphatic carbocycles. The first-order valence-electron chi connectivity index (χ1n) is 7.16. The molecular weight excluding hydrogens is 286 g/mol. The summed E-state index contributed by atoms with van der Waals surface area (Å²) >= 11 is 0. The highest BCUT2D eigenvalue weighted by molar-refractivity contribution is 5.89. The normalized spacial score (nSPS) is 15.4. The lowest BCUT2D eigenvalue weighted by atomic mass is 9.69. The summed E-state index contributed by atoms with van der Waals surface area (Å²) in [5, 5.41) is 25.5. The second-order valence-electron chi connectivity index (χ2n) is 5.75. The van der Waals surface area contributed by atoms with E-state index in [4.69, 9.17) is 15.0 Å². The van der Waals surface area contributed by atoms with Crippen LogP contribution in [0.2, 0.25) is 0 Å². The molecule has 0 aromatic heterocycles. The Kier molecular flexibility index (Phi) is 7.01. The maximum atomic E-state index is 11.2. The van der Waals surface area contributed by atoms with Crippen molar-refractivity contribution < 1.29 is 24.9 Å². The molecule has 0 radical (unpaired) electrons. The van der Waals surface area contributed by atoms with Gasteiger partial charge in [-0.15, -0.1) is 0 Å². The van der Waals surface area contributed by atoms with Gasteiger partial charge in [0, 0.05) is 25.1 Å². The number of carboxylic acid groups (broad SMARTS) is 2. The minimum atomic E-state index is -0.885. The molecule has 0 bridgehead atoms. The van der Waals surface area contributed by atoms with E-state index in [-0.39, 0.29) is 18.5 Å². The Morgan fingerprint density at radius 1 is 1.36 bits per heavy atom. The minimum absolute atomic E-state index is 0.0346. The summed E-state index contributed by atoms with van der Waals surface area (Å²) in [6.07, 6.45) is 3.31. The van der Waals surface area contributed by atoms with Crippen molar-refractivity contribution in [2.75, 3.05) is 20.2 Å². The van der Waals surface area contributed by atoms with Gasteiger partial charge < -0.3 is 20.2 Å². The van der Waals surface area contributed by atoms with Gasteiger partial charge in [0.05, 0.1) is 5.56 Å². The zero-order chi connectivity index (χ0) is 16.6. The van der Waals surface area contributed by atoms with Crippen molar-refractivity contribution in [3.63, 3.8) is 0 Å². The van der Waals surface area contributed by atoms with Crippen molar-refractivity contribution in [1.82, 2.24) is 4.90 Å². The van der Waals surface area contributed by atoms with Crippen LogP contribution in [0.5, 0.6) is 0 Å². The molecule has 2 rings (SSSR count). The third kappa shape index (κ3) is 4.82. The molecule has 1 aromatic carbocycles. The van der Waals surface area contributed by atoms with Gasteiger partial charge in [-0.2, -0.15) is 0 Å². The molecule has 0 heterocycles. The van der Waals surface area contributed by atoms with Crippen LogP contribution in [-0.2, 0) is 11.3 Å². The average Bonchev–Trinajstić information content (AvgIpc) is 2.44. The largest absolute Gasteiger partial charge is 0.483 e. The van der Waals surface area contributed by atoms with Crippen molar-refractivity contribution in [2.24, 2.45) is 5.41 Å². The number of aliphatic hydroxyl groups excluding tert-OH is 1. The molecule has 6 nitrogen and oxygen atoms in total. The molecule has 6 heteroatoms. The first-order valence-corrected chi connectivity index (χ1v) is 7.16. The van der Waals surface area contributed by atoms with Crippen molar-refractivity contribution in [1.29, 1.82) is 0 Å². The van der Waals surface area contributed by atoms with Crippen LogP contribution < -0.4 is 0 Å². The van der Waals surface area contributed by atoms with Gasteiger partial charge in [-0.05, 0) is 31.5 Å². The maximum Gasteiger partial charge on any atom is 0.336 e. The standard InChI is InChI=1S/C15H21NO3.CH2O2/c1-16(10-15(11-17)7-4-8-15)9-12-5-2-3-6-13(12)14(18)19;2-1-3/h2-3,5-6,17H,4,7-11H2,1H3,(H,18,19);1H,(H,2,3). The second-order valence-corrected chi connectivity index (χ2v) is 5.75. The fraction of sp³-hybridized carbons (Fsp3) is 0.500. The Hall–Kier alpha value is -1.92. The zero-order valence-electron chi connectivity index (χ0n) is 12.7. The van der Waals surface area contributed by atoms with Crippen LogP contribution in [-0.4, -0.2) is 52.9 Å². The lowest BCUT2D eigenvalue weighted by Gasteiger charge is -2.43. The van der Waals surface area contributed by atoms with Crippen LogP contribution in [0.1, 0.15) is 35.2 Å². The number of rotatable bonds is 6. The monoisotopic (exact) mass is 309 g/mol. The summed E-state index contributed by atoms with van der Waals surface area (Å²) in [7, 11) is 1.98. The van der Waals surface area contributed by atoms with Gasteiger partial charge >= 0.3 is 5.97 Å². The van der Waals surface area contributed by atoms with E-state index in [1.165, 1.54) is 6.42 Å². The van der Waals surface area contributed by atoms with Gasteiger partial charge in [0.25, 0.3) is 6.47 Å². The number of benzene rings is 1. The summed E-state index contributed by atoms with van der Waals surface area (Å²) in [6, 6.07) is 7.10. The number of hydrogen-bond acceptors (Lipinski definition) is 4. The van der Waals surface area contributed by atoms with Gasteiger partial charge in [0.15, 0.2) is 0 Å². The summed E-state index contributed by atoms with van der Waals surface area (Å²) in [4.78, 5) is 21.6. The van der Waals surface area contributed by atoms with Crippen molar-refractivity contribution in [3.05, 3.63) is 35.4 Å². The van der Waals surface area contributed by atoms with Gasteiger partial charge in [0.1, 0.15) is 0 Å². The molecule has 22 heavy (non-hydrogen) atoms. The molecule has 0 aliphatic heterocycles. The molecule has 0 saturated heterocycles. The van der Waals surface area contributed by atoms with Gasteiger partial charge in [0.2, 0.25) is 0 Å². The highest BCUT2D eigenvalue weighted by Gasteiger charge is 2.37. The quantitative estimate of drug-likeness (QED) is 0.692. The Labute approximate surface area is 130 Å². The summed E-state index contributed by atoms with van der Waals surface area (Å²) in [5.41, 5.74) is 1.22. The van der Waals surface area contributed by atoms with E-state index in [1.54, 1.807) is 12.1 Å². The maximum absolute atomic E-state index is 11.2. The van der Waals surface area contributed by atoms with Crippen molar-refractivity contribution in [2.45, 2.75) is 25.8 Å². The van der Waals surface area contributed by atoms with Crippen LogP contribution in [0.4, 0.5) is 0 Å². The van der Waals surface area contributed by atoms with Crippen molar-refractivity contribution in [3.8, 4) is 0 Å². The topological polar surface area (TPSA) is 98.1 Å². The third-order valence-electron chi connectivity index (χ3n) is 4.04. The number of aromatic carboxylic acids is 1. The third-order valence-corrected chi connectivity index (χ3v) is 4.04. The van der Waals surface area contributed by atoms with Gasteiger partial charge in [-0.25, -0.2) is 4.79 Å². The van der Waals surface area contributed by atoms with Gasteiger partial charge in [-0.3, -0.25) is 4.79 Å². The fourth-order valence-corrected chi connectivity index (χ4v) is 2.83. The number of carbonyl (C=O) groups is 2. The molecule has 1 saturated carbocycles. The minimum Gasteiger partial charge on any atom is -0.483 e. The predicted molar refractivity (Wildman–Crippen MR) is 81.8 cm³/mol. The molecule has 1 fully saturated rings. The molecule has 0 amide bonds. The molecular formula is C16H23NO5. The van der Waals surface area contributed by atoms with Crippen molar-refractivity contribution >= 4 is 12.4 Å². The molecule has 0 unspecified atom stereocenters. The van der Waals surface area contributed by atoms with Crippen LogP contribution in [0.15, 0.2) is 24.3 Å². The Bertz CT molecular complexity index is 494. The Morgan fingerprint density at radius 2 is 1.95 bits per heavy atom. The SMILES string of the molecule is CN(Cc1ccccc1C(=O)O)CC1(CO)CCC1.O=CO. The molecule has 122 valence electrons. The Morgan fingerprint density at radius 3 is 2.41 bits per heavy atom. The summed E-state index contributed by atoms with van der Waals surface area (Å²) in [6.45, 7) is 1.39. The zero-order valence-corrected chi connectivity index (χ0v) is 12.7. The molecule has 0 atom stereocenters. The van der Waals surface area contributed by atoms with E-state index in [2.05, 4.69) is 4.90 Å². The van der Waals surface area contributed by atoms with E-state index in [0.29, 0.717) is 12.1 Å². The fourth-order valence-electron chi connectivity index (χ4n) is 2.83. The first-order chi connectivity index (χ1) is 10.5. The predicted octanol–water partition coefficient (Wildman–Crippen LogP) is 1.68. The molecule has 1 aromatic rings. The van der Waals surface area contributed by atoms with Crippen LogP contribution >= 0.6 is 0 Å². The number of hydrogen-bond donors (Lipinski definition) is 3. The highest BCUT2D eigenvalue weighted by Crippen LogP contribution is 2.41. The van der Waals surface area contributed by atoms with E-state index >= 15 is 0 Å². The first kappa shape index (κ1) is 18.1. The average molecular weight is 309 g/mol. The van der Waals surface area contributed by atoms with E-state index in [0.717, 1.165) is 24.9 Å². The number of carboxylic acids is 1. The van der Waals surface area contributed by atoms with Crippen LogP contribution in [0, 0.1) is 5.41 Å². The summed E-state index contributed by atoms with van der Waals surface area (Å²) < 4.78 is 0. The number of nitrogens with zero attached hydrogens (tertiary/aromatic N) is 1. The van der Waals surface area contributed by atoms with E-state index in [1.807, 2.05) is 19.2 Å². The highest BCUT2D eigenvalue weighted by atomic mass is 16.4. The Balaban J connectivity index is 0.000000745. The lowest BCUT2D eigenvalue weighted by Crippen LogP contribution is -2.43. The van der Waals surface area contributed by atoms with E-state index in [9.17, 15) is 9.90 Å². The van der Waals surface area contributed by atoms with E-state index < -0.39 is 5.97 Å². The second kappa shape index (κ2) is 8.51. The molecule has 1 aliphatic rings.